The fraction of sp³-hybridized carbons (Fsp3) is 0.0800. The number of thiazole rings is 1. The maximum absolute atomic E-state index is 12.9. The highest BCUT2D eigenvalue weighted by atomic mass is 35.5. The summed E-state index contributed by atoms with van der Waals surface area (Å²) in [6.45, 7) is 0.411. The van der Waals surface area contributed by atoms with E-state index >= 15 is 0 Å². The molecule has 0 saturated carbocycles. The van der Waals surface area contributed by atoms with Crippen molar-refractivity contribution >= 4 is 39.9 Å². The molecule has 164 valence electrons. The van der Waals surface area contributed by atoms with E-state index in [1.807, 2.05) is 87.5 Å². The van der Waals surface area contributed by atoms with Gasteiger partial charge in [-0.3, -0.25) is 9.20 Å². The third-order valence-corrected chi connectivity index (χ3v) is 6.31. The van der Waals surface area contributed by atoms with Crippen LogP contribution in [0, 0.1) is 0 Å². The number of hydrogen-bond donors (Lipinski definition) is 0. The standard InChI is InChI=1S/C25H20ClN5OS/c1-29(22(32)13-12-21-24(26)27-25-30(21)14-15-33-25)16-19-17-31(20-10-6-3-7-11-20)28-23(19)18-8-4-2-5-9-18/h2-15,17H,16H2,1H3/b13-12+. The summed E-state index contributed by atoms with van der Waals surface area (Å²) in [6, 6.07) is 19.9. The number of rotatable bonds is 6. The van der Waals surface area contributed by atoms with Crippen LogP contribution in [-0.4, -0.2) is 37.0 Å². The molecule has 0 bridgehead atoms. The van der Waals surface area contributed by atoms with Gasteiger partial charge in [-0.05, 0) is 18.2 Å². The van der Waals surface area contributed by atoms with Gasteiger partial charge in [0, 0.05) is 48.6 Å². The Morgan fingerprint density at radius 3 is 2.61 bits per heavy atom. The van der Waals surface area contributed by atoms with Gasteiger partial charge in [-0.1, -0.05) is 60.1 Å². The van der Waals surface area contributed by atoms with Crippen LogP contribution in [-0.2, 0) is 11.3 Å². The predicted molar refractivity (Wildman–Crippen MR) is 133 cm³/mol. The van der Waals surface area contributed by atoms with Crippen molar-refractivity contribution < 1.29 is 4.79 Å². The molecule has 3 aromatic heterocycles. The van der Waals surface area contributed by atoms with E-state index in [-0.39, 0.29) is 5.91 Å². The molecule has 0 N–H and O–H groups in total. The molecule has 1 amide bonds. The van der Waals surface area contributed by atoms with E-state index in [2.05, 4.69) is 4.98 Å². The van der Waals surface area contributed by atoms with Gasteiger partial charge in [0.05, 0.1) is 17.1 Å². The van der Waals surface area contributed by atoms with Crippen LogP contribution in [0.15, 0.2) is 84.5 Å². The second-order valence-electron chi connectivity index (χ2n) is 7.52. The molecule has 0 radical (unpaired) electrons. The zero-order valence-electron chi connectivity index (χ0n) is 17.8. The molecule has 0 spiro atoms. The van der Waals surface area contributed by atoms with Crippen LogP contribution in [0.1, 0.15) is 11.3 Å². The number of nitrogens with zero attached hydrogens (tertiary/aromatic N) is 5. The number of benzene rings is 2. The second-order valence-corrected chi connectivity index (χ2v) is 8.75. The number of hydrogen-bond acceptors (Lipinski definition) is 4. The molecule has 0 atom stereocenters. The van der Waals surface area contributed by atoms with E-state index < -0.39 is 0 Å². The molecule has 6 nitrogen and oxygen atoms in total. The number of likely N-dealkylation sites (N-methyl/N-ethyl adjacent to an activating group) is 1. The first-order valence-corrected chi connectivity index (χ1v) is 11.6. The quantitative estimate of drug-likeness (QED) is 0.303. The summed E-state index contributed by atoms with van der Waals surface area (Å²) in [7, 11) is 1.78. The minimum atomic E-state index is -0.136. The van der Waals surface area contributed by atoms with Crippen molar-refractivity contribution in [3.63, 3.8) is 0 Å². The minimum Gasteiger partial charge on any atom is -0.338 e. The first-order chi connectivity index (χ1) is 16.1. The summed E-state index contributed by atoms with van der Waals surface area (Å²) in [5.74, 6) is -0.136. The van der Waals surface area contributed by atoms with Crippen LogP contribution in [0.3, 0.4) is 0 Å². The summed E-state index contributed by atoms with van der Waals surface area (Å²) in [5.41, 5.74) is 4.46. The zero-order valence-corrected chi connectivity index (χ0v) is 19.4. The van der Waals surface area contributed by atoms with Crippen LogP contribution in [0.4, 0.5) is 0 Å². The van der Waals surface area contributed by atoms with Crippen LogP contribution in [0.5, 0.6) is 0 Å². The number of amides is 1. The Kier molecular flexibility index (Phi) is 5.81. The van der Waals surface area contributed by atoms with Crippen molar-refractivity contribution in [1.82, 2.24) is 24.1 Å². The monoisotopic (exact) mass is 473 g/mol. The Balaban J connectivity index is 1.41. The number of imidazole rings is 1. The largest absolute Gasteiger partial charge is 0.338 e. The first-order valence-electron chi connectivity index (χ1n) is 10.3. The van der Waals surface area contributed by atoms with Crippen LogP contribution in [0.25, 0.3) is 28.0 Å². The molecular weight excluding hydrogens is 454 g/mol. The van der Waals surface area contributed by atoms with Gasteiger partial charge in [-0.2, -0.15) is 5.10 Å². The first kappa shape index (κ1) is 21.2. The maximum atomic E-state index is 12.9. The van der Waals surface area contributed by atoms with Gasteiger partial charge < -0.3 is 4.90 Å². The Morgan fingerprint density at radius 2 is 1.85 bits per heavy atom. The number of halogens is 1. The highest BCUT2D eigenvalue weighted by Crippen LogP contribution is 2.25. The van der Waals surface area contributed by atoms with Crippen molar-refractivity contribution in [3.05, 3.63) is 101 Å². The Bertz CT molecular complexity index is 1440. The van der Waals surface area contributed by atoms with Crippen molar-refractivity contribution in [2.45, 2.75) is 6.54 Å². The molecule has 8 heteroatoms. The smallest absolute Gasteiger partial charge is 0.246 e. The van der Waals surface area contributed by atoms with E-state index in [1.54, 1.807) is 18.0 Å². The van der Waals surface area contributed by atoms with Crippen LogP contribution >= 0.6 is 22.9 Å². The van der Waals surface area contributed by atoms with Crippen LogP contribution < -0.4 is 0 Å². The zero-order chi connectivity index (χ0) is 22.8. The normalized spacial score (nSPS) is 11.5. The molecule has 0 aliphatic heterocycles. The van der Waals surface area contributed by atoms with Gasteiger partial charge in [0.25, 0.3) is 0 Å². The lowest BCUT2D eigenvalue weighted by Gasteiger charge is -2.15. The Labute approximate surface area is 200 Å². The van der Waals surface area contributed by atoms with Crippen molar-refractivity contribution in [2.75, 3.05) is 7.05 Å². The highest BCUT2D eigenvalue weighted by Gasteiger charge is 2.16. The summed E-state index contributed by atoms with van der Waals surface area (Å²) in [6.07, 6.45) is 7.10. The van der Waals surface area contributed by atoms with Crippen molar-refractivity contribution in [2.24, 2.45) is 0 Å². The Hall–Kier alpha value is -3.68. The number of carbonyl (C=O) groups is 1. The summed E-state index contributed by atoms with van der Waals surface area (Å²) in [4.78, 5) is 19.6. The van der Waals surface area contributed by atoms with Crippen molar-refractivity contribution in [3.8, 4) is 16.9 Å². The predicted octanol–water partition coefficient (Wildman–Crippen LogP) is 5.57. The Morgan fingerprint density at radius 1 is 1.12 bits per heavy atom. The molecule has 0 unspecified atom stereocenters. The molecule has 0 saturated heterocycles. The van der Waals surface area contributed by atoms with Gasteiger partial charge in [-0.25, -0.2) is 9.67 Å². The molecule has 0 aliphatic rings. The molecular formula is C25H20ClN5OS. The topological polar surface area (TPSA) is 55.4 Å². The molecule has 0 aliphatic carbocycles. The molecule has 0 fully saturated rings. The van der Waals surface area contributed by atoms with Gasteiger partial charge in [0.1, 0.15) is 0 Å². The molecule has 5 aromatic rings. The van der Waals surface area contributed by atoms with Crippen molar-refractivity contribution in [1.29, 1.82) is 0 Å². The lowest BCUT2D eigenvalue weighted by atomic mass is 10.1. The van der Waals surface area contributed by atoms with E-state index in [1.165, 1.54) is 17.4 Å². The third kappa shape index (κ3) is 4.33. The molecule has 2 aromatic carbocycles. The summed E-state index contributed by atoms with van der Waals surface area (Å²) in [5, 5.41) is 7.13. The van der Waals surface area contributed by atoms with Gasteiger partial charge in [0.15, 0.2) is 10.1 Å². The molecule has 33 heavy (non-hydrogen) atoms. The summed E-state index contributed by atoms with van der Waals surface area (Å²) < 4.78 is 3.72. The highest BCUT2D eigenvalue weighted by molar-refractivity contribution is 7.15. The average Bonchev–Trinajstić information content (AvgIpc) is 3.54. The van der Waals surface area contributed by atoms with E-state index in [4.69, 9.17) is 16.7 Å². The fourth-order valence-corrected chi connectivity index (χ4v) is 4.62. The van der Waals surface area contributed by atoms with E-state index in [0.717, 1.165) is 27.5 Å². The SMILES string of the molecule is CN(Cc1cn(-c2ccccc2)nc1-c1ccccc1)C(=O)/C=C/c1c(Cl)nc2sccn12. The fourth-order valence-electron chi connectivity index (χ4n) is 3.61. The number of fused-ring (bicyclic) bond motifs is 1. The van der Waals surface area contributed by atoms with E-state index in [9.17, 15) is 4.79 Å². The van der Waals surface area contributed by atoms with Gasteiger partial charge in [0.2, 0.25) is 5.91 Å². The van der Waals surface area contributed by atoms with Gasteiger partial charge >= 0.3 is 0 Å². The lowest BCUT2D eigenvalue weighted by molar-refractivity contribution is -0.125. The van der Waals surface area contributed by atoms with Crippen LogP contribution in [0.2, 0.25) is 5.15 Å². The number of carbonyl (C=O) groups excluding carboxylic acids is 1. The maximum Gasteiger partial charge on any atom is 0.246 e. The van der Waals surface area contributed by atoms with Gasteiger partial charge in [-0.15, -0.1) is 11.3 Å². The molecule has 3 heterocycles. The average molecular weight is 474 g/mol. The lowest BCUT2D eigenvalue weighted by Crippen LogP contribution is -2.24. The van der Waals surface area contributed by atoms with E-state index in [0.29, 0.717) is 17.4 Å². The molecule has 5 rings (SSSR count). The summed E-state index contributed by atoms with van der Waals surface area (Å²) >= 11 is 7.73. The second kappa shape index (κ2) is 9.05. The number of aromatic nitrogens is 4. The minimum absolute atomic E-state index is 0.136. The third-order valence-electron chi connectivity index (χ3n) is 5.28. The number of para-hydroxylation sites is 1.